The molecule has 1 rings (SSSR count). The van der Waals surface area contributed by atoms with Gasteiger partial charge in [-0.2, -0.15) is 9.90 Å². The van der Waals surface area contributed by atoms with Crippen LogP contribution in [0, 0.1) is 0 Å². The molecule has 0 aromatic heterocycles. The molecule has 0 saturated carbocycles. The van der Waals surface area contributed by atoms with Gasteiger partial charge in [0.05, 0.1) is 13.2 Å². The lowest BCUT2D eigenvalue weighted by Gasteiger charge is -2.06. The zero-order valence-corrected chi connectivity index (χ0v) is 5.47. The van der Waals surface area contributed by atoms with Crippen LogP contribution in [0.5, 0.6) is 0 Å². The standard InChI is InChI=1S/C3H6O3.H3P/c1-2-4-6-5-3-1;/h1-3H2;1H3. The zero-order chi connectivity index (χ0) is 4.24. The van der Waals surface area contributed by atoms with Crippen molar-refractivity contribution in [3.8, 4) is 0 Å². The van der Waals surface area contributed by atoms with Gasteiger partial charge in [0, 0.05) is 6.42 Å². The van der Waals surface area contributed by atoms with Crippen molar-refractivity contribution < 1.29 is 14.8 Å². The highest BCUT2D eigenvalue weighted by Crippen LogP contribution is 1.93. The van der Waals surface area contributed by atoms with Gasteiger partial charge in [-0.3, -0.25) is 0 Å². The molecule has 1 heterocycles. The van der Waals surface area contributed by atoms with E-state index in [1.807, 2.05) is 0 Å². The molecule has 1 saturated heterocycles. The summed E-state index contributed by atoms with van der Waals surface area (Å²) in [7, 11) is 0. The van der Waals surface area contributed by atoms with Crippen LogP contribution in [0.2, 0.25) is 0 Å². The van der Waals surface area contributed by atoms with E-state index in [4.69, 9.17) is 0 Å². The van der Waals surface area contributed by atoms with Crippen LogP contribution in [0.1, 0.15) is 6.42 Å². The van der Waals surface area contributed by atoms with Crippen molar-refractivity contribution in [2.45, 2.75) is 6.42 Å². The van der Waals surface area contributed by atoms with E-state index < -0.39 is 0 Å². The molecular weight excluding hydrogens is 115 g/mol. The summed E-state index contributed by atoms with van der Waals surface area (Å²) < 4.78 is 0. The van der Waals surface area contributed by atoms with Crippen LogP contribution in [-0.4, -0.2) is 13.2 Å². The average Bonchev–Trinajstić information content (AvgIpc) is 1.72. The van der Waals surface area contributed by atoms with E-state index >= 15 is 0 Å². The normalized spacial score (nSPS) is 20.6. The Labute approximate surface area is 45.4 Å². The van der Waals surface area contributed by atoms with Crippen LogP contribution in [-0.2, 0) is 14.8 Å². The molecule has 0 bridgehead atoms. The van der Waals surface area contributed by atoms with E-state index in [-0.39, 0.29) is 9.90 Å². The minimum Gasteiger partial charge on any atom is -0.206 e. The number of rotatable bonds is 0. The summed E-state index contributed by atoms with van der Waals surface area (Å²) in [6.45, 7) is 1.31. The van der Waals surface area contributed by atoms with Gasteiger partial charge >= 0.3 is 0 Å². The Balaban J connectivity index is 0.000000360. The summed E-state index contributed by atoms with van der Waals surface area (Å²) in [6, 6.07) is 0. The zero-order valence-electron chi connectivity index (χ0n) is 4.05. The molecule has 0 aromatic carbocycles. The van der Waals surface area contributed by atoms with E-state index in [9.17, 15) is 0 Å². The van der Waals surface area contributed by atoms with Crippen molar-refractivity contribution in [3.05, 3.63) is 0 Å². The van der Waals surface area contributed by atoms with Gasteiger partial charge in [0.25, 0.3) is 0 Å². The summed E-state index contributed by atoms with van der Waals surface area (Å²) >= 11 is 0. The predicted octanol–water partition coefficient (Wildman–Crippen LogP) is 0.328. The fraction of sp³-hybridized carbons (Fsp3) is 1.00. The highest BCUT2D eigenvalue weighted by Gasteiger charge is 1.96. The van der Waals surface area contributed by atoms with Crippen molar-refractivity contribution >= 4 is 9.90 Å². The fourth-order valence-corrected chi connectivity index (χ4v) is 0.279. The molecule has 0 radical (unpaired) electrons. The Morgan fingerprint density at radius 3 is 1.71 bits per heavy atom. The van der Waals surface area contributed by atoms with Gasteiger partial charge in [0.1, 0.15) is 0 Å². The van der Waals surface area contributed by atoms with Crippen LogP contribution in [0.4, 0.5) is 0 Å². The monoisotopic (exact) mass is 124 g/mol. The molecule has 7 heavy (non-hydrogen) atoms. The molecular formula is C3H9O3P. The molecule has 1 aliphatic rings. The van der Waals surface area contributed by atoms with Crippen molar-refractivity contribution in [3.63, 3.8) is 0 Å². The van der Waals surface area contributed by atoms with Gasteiger partial charge in [-0.05, 0) is 0 Å². The molecule has 0 aliphatic carbocycles. The minimum absolute atomic E-state index is 0. The third-order valence-electron chi connectivity index (χ3n) is 0.552. The molecule has 4 heteroatoms. The summed E-state index contributed by atoms with van der Waals surface area (Å²) in [5.41, 5.74) is 0. The molecule has 0 amide bonds. The highest BCUT2D eigenvalue weighted by molar-refractivity contribution is 6.92. The highest BCUT2D eigenvalue weighted by atomic mass is 31.0. The molecule has 0 spiro atoms. The van der Waals surface area contributed by atoms with E-state index in [1.165, 1.54) is 0 Å². The first-order valence-corrected chi connectivity index (χ1v) is 1.91. The van der Waals surface area contributed by atoms with Gasteiger partial charge in [0.15, 0.2) is 0 Å². The summed E-state index contributed by atoms with van der Waals surface area (Å²) in [5, 5.41) is 4.07. The average molecular weight is 124 g/mol. The number of hydrogen-bond acceptors (Lipinski definition) is 3. The minimum atomic E-state index is 0. The third-order valence-corrected chi connectivity index (χ3v) is 0.552. The van der Waals surface area contributed by atoms with Crippen molar-refractivity contribution in [1.29, 1.82) is 0 Å². The molecule has 1 aliphatic heterocycles. The summed E-state index contributed by atoms with van der Waals surface area (Å²) in [4.78, 5) is 8.69. The molecule has 3 nitrogen and oxygen atoms in total. The van der Waals surface area contributed by atoms with Gasteiger partial charge in [0.2, 0.25) is 0 Å². The molecule has 1 fully saturated rings. The van der Waals surface area contributed by atoms with Crippen molar-refractivity contribution in [1.82, 2.24) is 0 Å². The maximum absolute atomic E-state index is 4.35. The lowest BCUT2D eigenvalue weighted by atomic mass is 10.5. The fourth-order valence-electron chi connectivity index (χ4n) is 0.279. The number of hydrogen-bond donors (Lipinski definition) is 0. The second-order valence-electron chi connectivity index (χ2n) is 1.07. The van der Waals surface area contributed by atoms with E-state index in [2.05, 4.69) is 14.8 Å². The van der Waals surface area contributed by atoms with Crippen molar-refractivity contribution in [2.24, 2.45) is 0 Å². The summed E-state index contributed by atoms with van der Waals surface area (Å²) in [6.07, 6.45) is 0.931. The van der Waals surface area contributed by atoms with Gasteiger partial charge in [-0.1, -0.05) is 5.04 Å². The van der Waals surface area contributed by atoms with Gasteiger partial charge in [-0.25, -0.2) is 9.78 Å². The Hall–Kier alpha value is 0.310. The predicted molar refractivity (Wildman–Crippen MR) is 28.7 cm³/mol. The van der Waals surface area contributed by atoms with Crippen molar-refractivity contribution in [2.75, 3.05) is 13.2 Å². The lowest BCUT2D eigenvalue weighted by Crippen LogP contribution is -2.08. The molecule has 0 aromatic rings. The quantitative estimate of drug-likeness (QED) is 0.344. The first-order valence-electron chi connectivity index (χ1n) is 1.91. The van der Waals surface area contributed by atoms with Crippen LogP contribution in [0.15, 0.2) is 0 Å². The summed E-state index contributed by atoms with van der Waals surface area (Å²) in [5.74, 6) is 0. The Bertz CT molecular complexity index is 25.7. The molecule has 1 atom stereocenters. The van der Waals surface area contributed by atoms with Crippen LogP contribution < -0.4 is 0 Å². The third kappa shape index (κ3) is 2.94. The second kappa shape index (κ2) is 4.47. The van der Waals surface area contributed by atoms with Gasteiger partial charge in [-0.15, -0.1) is 0 Å². The topological polar surface area (TPSA) is 27.7 Å². The van der Waals surface area contributed by atoms with Crippen LogP contribution >= 0.6 is 9.90 Å². The molecule has 44 valence electrons. The van der Waals surface area contributed by atoms with Crippen LogP contribution in [0.25, 0.3) is 0 Å². The molecule has 0 N–H and O–H groups in total. The Morgan fingerprint density at radius 1 is 1.00 bits per heavy atom. The second-order valence-corrected chi connectivity index (χ2v) is 1.07. The smallest absolute Gasteiger partial charge is 0.0877 e. The van der Waals surface area contributed by atoms with E-state index in [0.717, 1.165) is 6.42 Å². The van der Waals surface area contributed by atoms with E-state index in [0.29, 0.717) is 13.2 Å². The molecule has 1 unspecified atom stereocenters. The first kappa shape index (κ1) is 7.31. The van der Waals surface area contributed by atoms with Gasteiger partial charge < -0.3 is 0 Å². The first-order chi connectivity index (χ1) is 3.00. The SMILES string of the molecule is C1COOOC1.P. The maximum Gasteiger partial charge on any atom is 0.0877 e. The maximum atomic E-state index is 4.35. The largest absolute Gasteiger partial charge is 0.206 e. The Kier molecular flexibility index (Phi) is 4.67. The lowest BCUT2D eigenvalue weighted by molar-refractivity contribution is -0.532. The Morgan fingerprint density at radius 2 is 1.57 bits per heavy atom. The van der Waals surface area contributed by atoms with E-state index in [1.54, 1.807) is 0 Å². The van der Waals surface area contributed by atoms with Crippen LogP contribution in [0.3, 0.4) is 0 Å².